The van der Waals surface area contributed by atoms with Crippen LogP contribution in [0, 0.1) is 0 Å². The van der Waals surface area contributed by atoms with Crippen molar-refractivity contribution < 1.29 is 32.5 Å². The highest BCUT2D eigenvalue weighted by Gasteiger charge is 2.38. The van der Waals surface area contributed by atoms with E-state index in [4.69, 9.17) is 4.74 Å². The Balaban J connectivity index is 1.94. The molecular formula is C28H27F3O4. The van der Waals surface area contributed by atoms with Crippen LogP contribution in [0.25, 0.3) is 11.1 Å². The first kappa shape index (κ1) is 24.8. The molecule has 0 radical (unpaired) electrons. The first-order valence-electron chi connectivity index (χ1n) is 11.4. The minimum Gasteiger partial charge on any atom is -0.487 e. The van der Waals surface area contributed by atoms with Crippen molar-refractivity contribution in [2.24, 2.45) is 0 Å². The quantitative estimate of drug-likeness (QED) is 0.389. The van der Waals surface area contributed by atoms with Gasteiger partial charge < -0.3 is 14.6 Å². The van der Waals surface area contributed by atoms with E-state index in [1.807, 2.05) is 64.1 Å². The Morgan fingerprint density at radius 2 is 1.71 bits per heavy atom. The van der Waals surface area contributed by atoms with Crippen LogP contribution in [0.3, 0.4) is 0 Å². The van der Waals surface area contributed by atoms with Crippen LogP contribution >= 0.6 is 0 Å². The maximum Gasteiger partial charge on any atom is 0.573 e. The fraction of sp³-hybridized carbons (Fsp3) is 0.321. The van der Waals surface area contributed by atoms with E-state index in [9.17, 15) is 23.1 Å². The van der Waals surface area contributed by atoms with Crippen molar-refractivity contribution in [3.63, 3.8) is 0 Å². The number of alkyl halides is 3. The second-order valence-electron chi connectivity index (χ2n) is 9.63. The summed E-state index contributed by atoms with van der Waals surface area (Å²) < 4.78 is 47.9. The van der Waals surface area contributed by atoms with Crippen molar-refractivity contribution in [3.8, 4) is 22.6 Å². The van der Waals surface area contributed by atoms with E-state index in [1.54, 1.807) is 0 Å². The Kier molecular flexibility index (Phi) is 6.40. The van der Waals surface area contributed by atoms with Gasteiger partial charge in [-0.25, -0.2) is 0 Å². The Morgan fingerprint density at radius 1 is 1.09 bits per heavy atom. The van der Waals surface area contributed by atoms with Crippen LogP contribution in [-0.2, 0) is 0 Å². The zero-order valence-corrected chi connectivity index (χ0v) is 19.9. The summed E-state index contributed by atoms with van der Waals surface area (Å²) >= 11 is 0. The van der Waals surface area contributed by atoms with Crippen molar-refractivity contribution in [1.82, 2.24) is 0 Å². The molecule has 4 rings (SSSR count). The van der Waals surface area contributed by atoms with E-state index in [2.05, 4.69) is 4.74 Å². The molecule has 0 aliphatic carbocycles. The first-order chi connectivity index (χ1) is 16.4. The molecule has 184 valence electrons. The average molecular weight is 485 g/mol. The lowest BCUT2D eigenvalue weighted by molar-refractivity contribution is -0.274. The molecule has 0 fully saturated rings. The molecule has 1 aliphatic rings. The molecular weight excluding hydrogens is 457 g/mol. The second kappa shape index (κ2) is 9.04. The molecule has 0 aromatic heterocycles. The highest BCUT2D eigenvalue weighted by Crippen LogP contribution is 2.48. The molecule has 0 bridgehead atoms. The molecule has 3 aromatic carbocycles. The van der Waals surface area contributed by atoms with Crippen molar-refractivity contribution in [1.29, 1.82) is 0 Å². The minimum atomic E-state index is -4.82. The van der Waals surface area contributed by atoms with Crippen molar-refractivity contribution >= 4 is 5.78 Å². The summed E-state index contributed by atoms with van der Waals surface area (Å²) in [6.45, 7) is 7.72. The third-order valence-corrected chi connectivity index (χ3v) is 6.03. The third kappa shape index (κ3) is 5.20. The number of hydrogen-bond donors (Lipinski definition) is 1. The lowest BCUT2D eigenvalue weighted by Gasteiger charge is -2.38. The molecule has 0 saturated heterocycles. The molecule has 0 amide bonds. The van der Waals surface area contributed by atoms with Crippen LogP contribution in [0.2, 0.25) is 0 Å². The van der Waals surface area contributed by atoms with Crippen molar-refractivity contribution in [3.05, 3.63) is 82.9 Å². The number of fused-ring (bicyclic) bond motifs is 1. The van der Waals surface area contributed by atoms with Gasteiger partial charge in [-0.15, -0.1) is 13.2 Å². The molecule has 4 nitrogen and oxygen atoms in total. The third-order valence-electron chi connectivity index (χ3n) is 6.03. The van der Waals surface area contributed by atoms with Gasteiger partial charge in [-0.1, -0.05) is 44.2 Å². The zero-order valence-electron chi connectivity index (χ0n) is 19.9. The Bertz CT molecular complexity index is 1230. The van der Waals surface area contributed by atoms with Crippen LogP contribution in [0.4, 0.5) is 13.2 Å². The Hall–Kier alpha value is -3.32. The van der Waals surface area contributed by atoms with Gasteiger partial charge in [0.25, 0.3) is 0 Å². The Morgan fingerprint density at radius 3 is 2.29 bits per heavy atom. The standard InChI is InChI=1S/C28H27F3O4/c1-16(2)20-14-22-25(21(32)15-27(3,4)35-22)23(17-8-6-5-7-9-17)24(20)26(33)18-10-12-19(13-11-18)34-28(29,30)31/h5-14,16,21,32H,15H2,1-4H3/t21-/m0/s1. The minimum absolute atomic E-state index is 0.0691. The summed E-state index contributed by atoms with van der Waals surface area (Å²) in [5.74, 6) is -0.300. The molecule has 3 aromatic rings. The average Bonchev–Trinajstić information content (AvgIpc) is 2.76. The SMILES string of the molecule is CC(C)c1cc2c(c(-c3ccccc3)c1C(=O)c1ccc(OC(F)(F)F)cc1)[C@@H](O)CC(C)(C)O2. The first-order valence-corrected chi connectivity index (χ1v) is 11.4. The normalized spacial score (nSPS) is 17.0. The van der Waals surface area contributed by atoms with Crippen molar-refractivity contribution in [2.45, 2.75) is 58.1 Å². The van der Waals surface area contributed by atoms with Gasteiger partial charge in [0, 0.05) is 28.7 Å². The van der Waals surface area contributed by atoms with E-state index < -0.39 is 23.8 Å². The van der Waals surface area contributed by atoms with Gasteiger partial charge in [-0.3, -0.25) is 4.79 Å². The highest BCUT2D eigenvalue weighted by molar-refractivity contribution is 6.14. The van der Waals surface area contributed by atoms with Gasteiger partial charge in [-0.05, 0) is 61.2 Å². The largest absolute Gasteiger partial charge is 0.573 e. The number of aliphatic hydroxyl groups excluding tert-OH is 1. The topological polar surface area (TPSA) is 55.8 Å². The van der Waals surface area contributed by atoms with Gasteiger partial charge in [0.15, 0.2) is 5.78 Å². The summed E-state index contributed by atoms with van der Waals surface area (Å²) in [4.78, 5) is 13.9. The highest BCUT2D eigenvalue weighted by atomic mass is 19.4. The summed E-state index contributed by atoms with van der Waals surface area (Å²) in [5.41, 5.74) is 2.62. The fourth-order valence-electron chi connectivity index (χ4n) is 4.57. The summed E-state index contributed by atoms with van der Waals surface area (Å²) in [5, 5.41) is 11.2. The molecule has 0 spiro atoms. The number of ether oxygens (including phenoxy) is 2. The summed E-state index contributed by atoms with van der Waals surface area (Å²) in [7, 11) is 0. The zero-order chi connectivity index (χ0) is 25.5. The van der Waals surface area contributed by atoms with Crippen LogP contribution in [-0.4, -0.2) is 22.9 Å². The molecule has 1 N–H and O–H groups in total. The van der Waals surface area contributed by atoms with Crippen LogP contribution in [0.15, 0.2) is 60.7 Å². The number of ketones is 1. The Labute approximate surface area is 202 Å². The van der Waals surface area contributed by atoms with Crippen LogP contribution in [0.1, 0.15) is 73.2 Å². The maximum atomic E-state index is 13.9. The van der Waals surface area contributed by atoms with Gasteiger partial charge in [0.1, 0.15) is 17.1 Å². The van der Waals surface area contributed by atoms with Crippen LogP contribution in [0.5, 0.6) is 11.5 Å². The lowest BCUT2D eigenvalue weighted by atomic mass is 9.79. The molecule has 0 saturated carbocycles. The monoisotopic (exact) mass is 484 g/mol. The van der Waals surface area contributed by atoms with E-state index in [0.717, 1.165) is 23.3 Å². The predicted octanol–water partition coefficient (Wildman–Crippen LogP) is 7.20. The van der Waals surface area contributed by atoms with E-state index in [0.29, 0.717) is 28.9 Å². The number of aliphatic hydroxyl groups is 1. The molecule has 7 heteroatoms. The van der Waals surface area contributed by atoms with Gasteiger partial charge in [-0.2, -0.15) is 0 Å². The number of carbonyl (C=O) groups excluding carboxylic acids is 1. The number of carbonyl (C=O) groups is 1. The summed E-state index contributed by atoms with van der Waals surface area (Å²) in [6.07, 6.45) is -5.34. The predicted molar refractivity (Wildman–Crippen MR) is 127 cm³/mol. The van der Waals surface area contributed by atoms with Gasteiger partial charge in [0.05, 0.1) is 6.10 Å². The van der Waals surface area contributed by atoms with E-state index >= 15 is 0 Å². The molecule has 1 aliphatic heterocycles. The molecule has 1 heterocycles. The van der Waals surface area contributed by atoms with E-state index in [1.165, 1.54) is 12.1 Å². The van der Waals surface area contributed by atoms with Crippen molar-refractivity contribution in [2.75, 3.05) is 0 Å². The van der Waals surface area contributed by atoms with Gasteiger partial charge >= 0.3 is 6.36 Å². The second-order valence-corrected chi connectivity index (χ2v) is 9.63. The summed E-state index contributed by atoms with van der Waals surface area (Å²) in [6, 6.07) is 16.0. The number of hydrogen-bond acceptors (Lipinski definition) is 4. The lowest BCUT2D eigenvalue weighted by Crippen LogP contribution is -2.35. The molecule has 0 unspecified atom stereocenters. The number of benzene rings is 3. The van der Waals surface area contributed by atoms with E-state index in [-0.39, 0.29) is 17.3 Å². The van der Waals surface area contributed by atoms with Gasteiger partial charge in [0.2, 0.25) is 0 Å². The molecule has 1 atom stereocenters. The van der Waals surface area contributed by atoms with Crippen LogP contribution < -0.4 is 9.47 Å². The maximum absolute atomic E-state index is 13.9. The number of rotatable bonds is 5. The smallest absolute Gasteiger partial charge is 0.487 e. The number of halogens is 3. The fourth-order valence-corrected chi connectivity index (χ4v) is 4.57. The molecule has 35 heavy (non-hydrogen) atoms.